The molecule has 3 saturated carbocycles. The summed E-state index contributed by atoms with van der Waals surface area (Å²) >= 11 is 0. The predicted molar refractivity (Wildman–Crippen MR) is 174 cm³/mol. The van der Waals surface area contributed by atoms with Crippen molar-refractivity contribution in [2.75, 3.05) is 26.9 Å². The van der Waals surface area contributed by atoms with E-state index in [1.54, 1.807) is 18.2 Å². The molecule has 0 aromatic heterocycles. The SMILES string of the molecule is COc1cc(/C=C/C(=O)OCCCCON=O)ccc1OC(=O)OCC(=O)[C@@]1(O)CC[C@H]2[C@@H]3CCC4=CC(=O)C=C[C@]4(C)[C@H]3[C@@H](O)C[C@@]21C. The van der Waals surface area contributed by atoms with Gasteiger partial charge in [-0.1, -0.05) is 31.6 Å². The smallest absolute Gasteiger partial charge is 0.493 e. The summed E-state index contributed by atoms with van der Waals surface area (Å²) in [6, 6.07) is 4.53. The molecule has 264 valence electrons. The zero-order chi connectivity index (χ0) is 35.4. The quantitative estimate of drug-likeness (QED) is 0.0723. The van der Waals surface area contributed by atoms with Crippen LogP contribution in [-0.2, 0) is 28.7 Å². The number of benzene rings is 1. The molecule has 4 aliphatic carbocycles. The Morgan fingerprint density at radius 1 is 1.08 bits per heavy atom. The molecule has 0 aliphatic heterocycles. The summed E-state index contributed by atoms with van der Waals surface area (Å²) < 4.78 is 20.9. The van der Waals surface area contributed by atoms with Gasteiger partial charge < -0.3 is 34.0 Å². The Morgan fingerprint density at radius 2 is 1.86 bits per heavy atom. The van der Waals surface area contributed by atoms with Gasteiger partial charge >= 0.3 is 12.1 Å². The fourth-order valence-electron chi connectivity index (χ4n) is 8.71. The van der Waals surface area contributed by atoms with Crippen molar-refractivity contribution in [2.24, 2.45) is 33.9 Å². The highest BCUT2D eigenvalue weighted by Gasteiger charge is 2.68. The third-order valence-electron chi connectivity index (χ3n) is 11.2. The maximum absolute atomic E-state index is 13.6. The summed E-state index contributed by atoms with van der Waals surface area (Å²) in [6.45, 7) is 3.48. The number of fused-ring (bicyclic) bond motifs is 5. The van der Waals surface area contributed by atoms with Crippen molar-refractivity contribution in [1.29, 1.82) is 0 Å². The Morgan fingerprint density at radius 3 is 2.61 bits per heavy atom. The van der Waals surface area contributed by atoms with Gasteiger partial charge in [-0.25, -0.2) is 9.59 Å². The van der Waals surface area contributed by atoms with Crippen LogP contribution in [0.25, 0.3) is 6.08 Å². The van der Waals surface area contributed by atoms with E-state index in [-0.39, 0.29) is 61.1 Å². The lowest BCUT2D eigenvalue weighted by atomic mass is 9.46. The van der Waals surface area contributed by atoms with E-state index in [9.17, 15) is 34.3 Å². The van der Waals surface area contributed by atoms with Crippen LogP contribution < -0.4 is 9.47 Å². The van der Waals surface area contributed by atoms with Gasteiger partial charge in [0.15, 0.2) is 29.2 Å². The first-order valence-electron chi connectivity index (χ1n) is 16.6. The van der Waals surface area contributed by atoms with E-state index < -0.39 is 47.0 Å². The van der Waals surface area contributed by atoms with Crippen LogP contribution in [0.5, 0.6) is 11.5 Å². The van der Waals surface area contributed by atoms with Gasteiger partial charge in [0.1, 0.15) is 12.2 Å². The minimum absolute atomic E-state index is 0.0115. The number of aliphatic hydroxyl groups excluding tert-OH is 1. The Kier molecular flexibility index (Phi) is 10.7. The molecule has 13 nitrogen and oxygen atoms in total. The first-order valence-corrected chi connectivity index (χ1v) is 16.6. The molecule has 1 aromatic rings. The lowest BCUT2D eigenvalue weighted by Crippen LogP contribution is -2.61. The number of ketones is 2. The zero-order valence-electron chi connectivity index (χ0n) is 27.9. The molecular formula is C36H43NO12. The number of unbranched alkanes of at least 4 members (excludes halogenated alkanes) is 1. The average molecular weight is 682 g/mol. The number of hydrogen-bond acceptors (Lipinski definition) is 13. The monoisotopic (exact) mass is 681 g/mol. The molecule has 0 unspecified atom stereocenters. The van der Waals surface area contributed by atoms with Crippen LogP contribution in [0.15, 0.2) is 53.4 Å². The molecule has 0 heterocycles. The van der Waals surface area contributed by atoms with Crippen LogP contribution in [0.1, 0.15) is 64.4 Å². The van der Waals surface area contributed by atoms with E-state index in [4.69, 9.17) is 18.9 Å². The highest BCUT2D eigenvalue weighted by atomic mass is 16.7. The summed E-state index contributed by atoms with van der Waals surface area (Å²) in [6.07, 6.45) is 9.32. The van der Waals surface area contributed by atoms with Crippen LogP contribution in [0.3, 0.4) is 0 Å². The number of carbonyl (C=O) groups is 4. The molecule has 0 bridgehead atoms. The minimum atomic E-state index is -1.81. The van der Waals surface area contributed by atoms with E-state index in [2.05, 4.69) is 17.1 Å². The highest BCUT2D eigenvalue weighted by Crippen LogP contribution is 2.67. The molecule has 4 aliphatic rings. The third-order valence-corrected chi connectivity index (χ3v) is 11.2. The van der Waals surface area contributed by atoms with Gasteiger partial charge in [0, 0.05) is 22.8 Å². The van der Waals surface area contributed by atoms with Crippen LogP contribution in [-0.4, -0.2) is 72.5 Å². The van der Waals surface area contributed by atoms with Gasteiger partial charge in [0.2, 0.25) is 5.78 Å². The number of aliphatic hydroxyl groups is 2. The maximum Gasteiger partial charge on any atom is 0.514 e. The van der Waals surface area contributed by atoms with Gasteiger partial charge in [0.25, 0.3) is 0 Å². The fourth-order valence-corrected chi connectivity index (χ4v) is 8.71. The van der Waals surface area contributed by atoms with Crippen molar-refractivity contribution in [3.63, 3.8) is 0 Å². The van der Waals surface area contributed by atoms with Gasteiger partial charge in [-0.2, -0.15) is 0 Å². The summed E-state index contributed by atoms with van der Waals surface area (Å²) in [5.41, 5.74) is -1.65. The second-order valence-corrected chi connectivity index (χ2v) is 13.7. The Bertz CT molecular complexity index is 1570. The number of hydrogen-bond donors (Lipinski definition) is 2. The maximum atomic E-state index is 13.6. The molecule has 0 amide bonds. The topological polar surface area (TPSA) is 184 Å². The van der Waals surface area contributed by atoms with E-state index in [0.29, 0.717) is 31.2 Å². The second-order valence-electron chi connectivity index (χ2n) is 13.7. The van der Waals surface area contributed by atoms with Crippen molar-refractivity contribution < 1.29 is 53.2 Å². The van der Waals surface area contributed by atoms with Crippen molar-refractivity contribution in [2.45, 2.75) is 70.5 Å². The molecule has 49 heavy (non-hydrogen) atoms. The highest BCUT2D eigenvalue weighted by molar-refractivity contribution is 6.01. The predicted octanol–water partition coefficient (Wildman–Crippen LogP) is 4.82. The third kappa shape index (κ3) is 7.04. The molecule has 3 fully saturated rings. The molecule has 13 heteroatoms. The first-order chi connectivity index (χ1) is 23.4. The fraction of sp³-hybridized carbons (Fsp3) is 0.556. The van der Waals surface area contributed by atoms with E-state index in [1.807, 2.05) is 13.0 Å². The number of allylic oxidation sites excluding steroid dienone is 4. The van der Waals surface area contributed by atoms with E-state index in [0.717, 1.165) is 12.0 Å². The average Bonchev–Trinajstić information content (AvgIpc) is 3.35. The van der Waals surface area contributed by atoms with Crippen molar-refractivity contribution in [1.82, 2.24) is 0 Å². The molecule has 0 spiro atoms. The summed E-state index contributed by atoms with van der Waals surface area (Å²) in [5, 5.41) is 25.7. The van der Waals surface area contributed by atoms with Gasteiger partial charge in [-0.15, -0.1) is 4.91 Å². The lowest BCUT2D eigenvalue weighted by Gasteiger charge is -2.59. The zero-order valence-corrected chi connectivity index (χ0v) is 27.9. The number of ether oxygens (including phenoxy) is 4. The minimum Gasteiger partial charge on any atom is -0.493 e. The van der Waals surface area contributed by atoms with E-state index >= 15 is 0 Å². The molecular weight excluding hydrogens is 638 g/mol. The summed E-state index contributed by atoms with van der Waals surface area (Å²) in [7, 11) is 1.37. The molecule has 5 rings (SSSR count). The van der Waals surface area contributed by atoms with E-state index in [1.165, 1.54) is 31.4 Å². The number of nitrogens with zero attached hydrogens (tertiary/aromatic N) is 1. The Hall–Kier alpha value is -4.36. The standard InChI is InChI=1S/C36H43NO12/c1-34-14-12-24(38)19-23(34)8-9-25-26-13-15-36(43,35(26,2)20-27(39)32(25)34)30(40)21-47-33(42)49-28-10-6-22(18-29(28)45-3)7-11-31(41)46-16-4-5-17-48-37-44/h6-7,10-12,14,18-19,25-27,32,39,43H,4-5,8-9,13,15-17,20-21H2,1-3H3/b11-7+/t25-,26-,27-,32+,34-,35-,36-/m0/s1. The Balaban J connectivity index is 1.17. The summed E-state index contributed by atoms with van der Waals surface area (Å²) in [4.78, 5) is 64.5. The number of methoxy groups -OCH3 is 1. The van der Waals surface area contributed by atoms with Crippen molar-refractivity contribution >= 4 is 29.8 Å². The number of esters is 1. The lowest BCUT2D eigenvalue weighted by molar-refractivity contribution is -0.178. The van der Waals surface area contributed by atoms with Gasteiger partial charge in [-0.05, 0) is 92.7 Å². The summed E-state index contributed by atoms with van der Waals surface area (Å²) in [5.74, 6) is -1.26. The van der Waals surface area contributed by atoms with Gasteiger partial charge in [-0.3, -0.25) is 9.59 Å². The molecule has 1 aromatic carbocycles. The van der Waals surface area contributed by atoms with Crippen LogP contribution in [0, 0.1) is 33.5 Å². The number of rotatable bonds is 13. The first kappa shape index (κ1) is 35.9. The largest absolute Gasteiger partial charge is 0.514 e. The second kappa shape index (κ2) is 14.6. The van der Waals surface area contributed by atoms with Crippen LogP contribution in [0.2, 0.25) is 0 Å². The van der Waals surface area contributed by atoms with Crippen LogP contribution in [0.4, 0.5) is 4.79 Å². The van der Waals surface area contributed by atoms with Gasteiger partial charge in [0.05, 0.1) is 19.8 Å². The molecule has 0 radical (unpaired) electrons. The Labute approximate surface area is 284 Å². The normalized spacial score (nSPS) is 31.5. The molecule has 0 saturated heterocycles. The van der Waals surface area contributed by atoms with Crippen molar-refractivity contribution in [3.05, 3.63) is 58.5 Å². The molecule has 2 N–H and O–H groups in total. The molecule has 7 atom stereocenters. The number of carbonyl (C=O) groups excluding carboxylic acids is 4. The van der Waals surface area contributed by atoms with Crippen molar-refractivity contribution in [3.8, 4) is 11.5 Å². The van der Waals surface area contributed by atoms with Crippen LogP contribution >= 0.6 is 0 Å². The number of Topliss-reactive ketones (excluding diaryl/α,β-unsaturated/α-hetero) is 1.